The van der Waals surface area contributed by atoms with Gasteiger partial charge in [0.25, 0.3) is 5.91 Å². The predicted octanol–water partition coefficient (Wildman–Crippen LogP) is 2.49. The van der Waals surface area contributed by atoms with Crippen LogP contribution in [0.3, 0.4) is 0 Å². The first-order chi connectivity index (χ1) is 10.5. The molecule has 0 aliphatic carbocycles. The van der Waals surface area contributed by atoms with Gasteiger partial charge in [-0.3, -0.25) is 4.79 Å². The first-order valence-corrected chi connectivity index (χ1v) is 7.89. The molecule has 2 rings (SSSR count). The molecule has 0 saturated carbocycles. The van der Waals surface area contributed by atoms with Crippen molar-refractivity contribution < 1.29 is 9.53 Å². The number of aryl methyl sites for hydroxylation is 1. The lowest BCUT2D eigenvalue weighted by Gasteiger charge is -2.25. The van der Waals surface area contributed by atoms with E-state index in [2.05, 4.69) is 15.2 Å². The topological polar surface area (TPSA) is 54.5 Å². The summed E-state index contributed by atoms with van der Waals surface area (Å²) in [6.07, 6.45) is 0. The number of nitrogens with zero attached hydrogens (tertiary/aromatic N) is 2. The Labute approximate surface area is 134 Å². The van der Waals surface area contributed by atoms with Gasteiger partial charge in [0.1, 0.15) is 10.6 Å². The molecule has 2 aromatic rings. The monoisotopic (exact) mass is 319 g/mol. The van der Waals surface area contributed by atoms with Gasteiger partial charge >= 0.3 is 0 Å². The van der Waals surface area contributed by atoms with Crippen LogP contribution in [0.4, 0.5) is 0 Å². The second-order valence-electron chi connectivity index (χ2n) is 5.23. The molecule has 1 aromatic carbocycles. The second kappa shape index (κ2) is 7.38. The minimum atomic E-state index is -0.0743. The molecule has 0 fully saturated rings. The average molecular weight is 319 g/mol. The summed E-state index contributed by atoms with van der Waals surface area (Å²) in [5.41, 5.74) is 3.56. The average Bonchev–Trinajstić information content (AvgIpc) is 2.93. The summed E-state index contributed by atoms with van der Waals surface area (Å²) in [5.74, 6) is 0.740. The van der Waals surface area contributed by atoms with Crippen molar-refractivity contribution in [2.24, 2.45) is 0 Å². The third kappa shape index (κ3) is 3.84. The minimum absolute atomic E-state index is 0.0743. The fourth-order valence-corrected chi connectivity index (χ4v) is 2.96. The third-order valence-corrected chi connectivity index (χ3v) is 4.44. The van der Waals surface area contributed by atoms with Crippen molar-refractivity contribution in [1.29, 1.82) is 0 Å². The van der Waals surface area contributed by atoms with E-state index in [1.54, 1.807) is 12.6 Å². The lowest BCUT2D eigenvalue weighted by atomic mass is 10.1. The Hall–Kier alpha value is -1.92. The van der Waals surface area contributed by atoms with Crippen LogP contribution in [0.25, 0.3) is 0 Å². The zero-order chi connectivity index (χ0) is 16.1. The van der Waals surface area contributed by atoms with Crippen molar-refractivity contribution in [3.63, 3.8) is 0 Å². The van der Waals surface area contributed by atoms with Crippen LogP contribution >= 0.6 is 11.3 Å². The third-order valence-electron chi connectivity index (χ3n) is 3.51. The number of amides is 1. The Kier molecular flexibility index (Phi) is 5.51. The summed E-state index contributed by atoms with van der Waals surface area (Å²) in [6.45, 7) is 2.37. The van der Waals surface area contributed by atoms with Crippen molar-refractivity contribution in [3.8, 4) is 5.75 Å². The Balaban J connectivity index is 2.09. The fraction of sp³-hybridized carbons (Fsp3) is 0.375. The highest BCUT2D eigenvalue weighted by Gasteiger charge is 2.18. The normalized spacial score (nSPS) is 12.2. The van der Waals surface area contributed by atoms with E-state index in [1.165, 1.54) is 11.3 Å². The lowest BCUT2D eigenvalue weighted by Crippen LogP contribution is -2.34. The first kappa shape index (κ1) is 16.5. The van der Waals surface area contributed by atoms with Crippen molar-refractivity contribution in [2.45, 2.75) is 13.0 Å². The zero-order valence-electron chi connectivity index (χ0n) is 13.3. The van der Waals surface area contributed by atoms with Crippen LogP contribution in [-0.4, -0.2) is 43.5 Å². The highest BCUT2D eigenvalue weighted by atomic mass is 32.1. The first-order valence-electron chi connectivity index (χ1n) is 7.01. The zero-order valence-corrected chi connectivity index (χ0v) is 14.1. The summed E-state index contributed by atoms with van der Waals surface area (Å²) in [7, 11) is 5.64. The van der Waals surface area contributed by atoms with Crippen LogP contribution in [0.1, 0.15) is 27.0 Å². The Morgan fingerprint density at radius 1 is 1.45 bits per heavy atom. The molecule has 0 bridgehead atoms. The summed E-state index contributed by atoms with van der Waals surface area (Å²) >= 11 is 1.36. The van der Waals surface area contributed by atoms with Gasteiger partial charge in [-0.2, -0.15) is 0 Å². The van der Waals surface area contributed by atoms with Gasteiger partial charge in [0.2, 0.25) is 0 Å². The maximum atomic E-state index is 12.2. The van der Waals surface area contributed by atoms with Crippen LogP contribution in [-0.2, 0) is 0 Å². The fourth-order valence-electron chi connectivity index (χ4n) is 2.24. The van der Waals surface area contributed by atoms with Gasteiger partial charge in [0.15, 0.2) is 0 Å². The number of nitrogens with one attached hydrogen (secondary N) is 1. The number of carbonyl (C=O) groups excluding carboxylic acids is 1. The van der Waals surface area contributed by atoms with Gasteiger partial charge in [-0.1, -0.05) is 12.1 Å². The van der Waals surface area contributed by atoms with E-state index >= 15 is 0 Å². The second-order valence-corrected chi connectivity index (χ2v) is 6.09. The maximum Gasteiger partial charge on any atom is 0.263 e. The molecule has 0 aliphatic heterocycles. The summed E-state index contributed by atoms with van der Waals surface area (Å²) in [6, 6.07) is 7.98. The molecule has 6 heteroatoms. The highest BCUT2D eigenvalue weighted by molar-refractivity contribution is 7.11. The Morgan fingerprint density at radius 2 is 2.23 bits per heavy atom. The molecule has 118 valence electrons. The number of rotatable bonds is 6. The number of hydrogen-bond acceptors (Lipinski definition) is 5. The Bertz CT molecular complexity index is 640. The van der Waals surface area contributed by atoms with E-state index in [9.17, 15) is 4.79 Å². The predicted molar refractivity (Wildman–Crippen MR) is 88.6 cm³/mol. The largest absolute Gasteiger partial charge is 0.497 e. The van der Waals surface area contributed by atoms with E-state index in [4.69, 9.17) is 4.74 Å². The number of aromatic nitrogens is 1. The van der Waals surface area contributed by atoms with Gasteiger partial charge < -0.3 is 15.0 Å². The highest BCUT2D eigenvalue weighted by Crippen LogP contribution is 2.22. The van der Waals surface area contributed by atoms with Gasteiger partial charge in [-0.15, -0.1) is 11.3 Å². The van der Waals surface area contributed by atoms with Crippen molar-refractivity contribution in [3.05, 3.63) is 45.9 Å². The van der Waals surface area contributed by atoms with Gasteiger partial charge in [-0.25, -0.2) is 4.98 Å². The van der Waals surface area contributed by atoms with Crippen molar-refractivity contribution >= 4 is 17.2 Å². The number of hydrogen-bond donors (Lipinski definition) is 1. The van der Waals surface area contributed by atoms with Crippen molar-refractivity contribution in [2.75, 3.05) is 27.7 Å². The van der Waals surface area contributed by atoms with E-state index in [0.29, 0.717) is 11.4 Å². The molecule has 0 saturated heterocycles. The number of thiazole rings is 1. The molecular formula is C16H21N3O2S. The summed E-state index contributed by atoms with van der Waals surface area (Å²) in [5, 5.41) is 2.99. The standard InChI is InChI=1S/C16H21N3O2S/c1-11-15(22-10-18-11)16(20)17-9-14(19(2)3)12-6-5-7-13(8-12)21-4/h5-8,10,14H,9H2,1-4H3,(H,17,20)/t14-/m0/s1. The molecule has 1 heterocycles. The van der Waals surface area contributed by atoms with Crippen LogP contribution in [0.2, 0.25) is 0 Å². The van der Waals surface area contributed by atoms with E-state index in [1.807, 2.05) is 45.3 Å². The molecule has 0 aliphatic rings. The molecule has 1 atom stereocenters. The van der Waals surface area contributed by atoms with Crippen molar-refractivity contribution in [1.82, 2.24) is 15.2 Å². The van der Waals surface area contributed by atoms with Crippen LogP contribution in [0.5, 0.6) is 5.75 Å². The maximum absolute atomic E-state index is 12.2. The molecule has 0 spiro atoms. The van der Waals surface area contributed by atoms with Gasteiger partial charge in [0, 0.05) is 6.54 Å². The molecule has 5 nitrogen and oxygen atoms in total. The van der Waals surface area contributed by atoms with Gasteiger partial charge in [-0.05, 0) is 38.7 Å². The van der Waals surface area contributed by atoms with Crippen LogP contribution in [0.15, 0.2) is 29.8 Å². The molecule has 0 unspecified atom stereocenters. The quantitative estimate of drug-likeness (QED) is 0.889. The molecule has 1 amide bonds. The summed E-state index contributed by atoms with van der Waals surface area (Å²) in [4.78, 5) is 19.1. The number of carbonyl (C=O) groups is 1. The number of benzene rings is 1. The minimum Gasteiger partial charge on any atom is -0.497 e. The Morgan fingerprint density at radius 3 is 2.82 bits per heavy atom. The van der Waals surface area contributed by atoms with E-state index in [-0.39, 0.29) is 11.9 Å². The van der Waals surface area contributed by atoms with Gasteiger partial charge in [0.05, 0.1) is 24.4 Å². The van der Waals surface area contributed by atoms with Crippen LogP contribution in [0, 0.1) is 6.92 Å². The molecule has 0 radical (unpaired) electrons. The number of methoxy groups -OCH3 is 1. The smallest absolute Gasteiger partial charge is 0.263 e. The lowest BCUT2D eigenvalue weighted by molar-refractivity contribution is 0.0945. The number of likely N-dealkylation sites (N-methyl/N-ethyl adjacent to an activating group) is 1. The van der Waals surface area contributed by atoms with E-state index < -0.39 is 0 Å². The number of ether oxygens (including phenoxy) is 1. The SMILES string of the molecule is COc1cccc([C@H](CNC(=O)c2scnc2C)N(C)C)c1. The van der Waals surface area contributed by atoms with E-state index in [0.717, 1.165) is 17.0 Å². The molecule has 1 aromatic heterocycles. The van der Waals surface area contributed by atoms with Crippen LogP contribution < -0.4 is 10.1 Å². The summed E-state index contributed by atoms with van der Waals surface area (Å²) < 4.78 is 5.27. The molecule has 22 heavy (non-hydrogen) atoms. The molecular weight excluding hydrogens is 298 g/mol. The molecule has 1 N–H and O–H groups in total.